The van der Waals surface area contributed by atoms with E-state index in [-0.39, 0.29) is 31.8 Å². The van der Waals surface area contributed by atoms with Crippen molar-refractivity contribution < 1.29 is 32.1 Å². The van der Waals surface area contributed by atoms with E-state index in [1.54, 1.807) is 6.07 Å². The first-order chi connectivity index (χ1) is 16.2. The summed E-state index contributed by atoms with van der Waals surface area (Å²) >= 11 is 0. The van der Waals surface area contributed by atoms with E-state index in [4.69, 9.17) is 15.0 Å². The number of aryl methyl sites for hydroxylation is 2. The molecule has 0 aromatic heterocycles. The van der Waals surface area contributed by atoms with Crippen molar-refractivity contribution in [2.24, 2.45) is 5.73 Å². The number of aliphatic hydroxyl groups excluding tert-OH is 1. The molecule has 0 aliphatic heterocycles. The molecule has 3 N–H and O–H groups in total. The predicted octanol–water partition coefficient (Wildman–Crippen LogP) is 5.18. The van der Waals surface area contributed by atoms with Gasteiger partial charge in [-0.05, 0) is 59.7 Å². The van der Waals surface area contributed by atoms with Crippen LogP contribution in [-0.2, 0) is 28.1 Å². The predicted molar refractivity (Wildman–Crippen MR) is 128 cm³/mol. The molecule has 3 aromatic carbocycles. The monoisotopic (exact) mass is 495 g/mol. The highest BCUT2D eigenvalue weighted by atomic mass is 31.1. The molecule has 0 saturated heterocycles. The Balaban J connectivity index is 1.61. The number of benzene rings is 3. The first-order valence-corrected chi connectivity index (χ1v) is 11.9. The van der Waals surface area contributed by atoms with Gasteiger partial charge in [-0.3, -0.25) is 4.57 Å². The van der Waals surface area contributed by atoms with E-state index in [1.807, 2.05) is 36.4 Å². The molecule has 3 rings (SSSR count). The maximum absolute atomic E-state index is 13.7. The summed E-state index contributed by atoms with van der Waals surface area (Å²) in [5.41, 5.74) is 5.49. The highest BCUT2D eigenvalue weighted by Gasteiger charge is 2.35. The highest BCUT2D eigenvalue weighted by molar-refractivity contribution is 7.17. The molecular formula is C25H29F3NO4P. The number of nitrogens with two attached hydrogens (primary N) is 1. The van der Waals surface area contributed by atoms with E-state index < -0.39 is 32.6 Å². The first kappa shape index (κ1) is 26.2. The summed E-state index contributed by atoms with van der Waals surface area (Å²) in [4.78, 5) is 0. The Morgan fingerprint density at radius 1 is 0.941 bits per heavy atom. The van der Waals surface area contributed by atoms with Crippen molar-refractivity contribution in [3.05, 3.63) is 77.4 Å². The number of alkyl halides is 3. The van der Waals surface area contributed by atoms with Gasteiger partial charge in [0.2, 0.25) is 0 Å². The lowest BCUT2D eigenvalue weighted by Gasteiger charge is -2.26. The average Bonchev–Trinajstić information content (AvgIpc) is 2.83. The van der Waals surface area contributed by atoms with Crippen molar-refractivity contribution in [3.8, 4) is 5.75 Å². The summed E-state index contributed by atoms with van der Waals surface area (Å²) in [7, 11) is -1.48. The van der Waals surface area contributed by atoms with Crippen LogP contribution in [0.15, 0.2) is 60.7 Å². The van der Waals surface area contributed by atoms with Crippen LogP contribution in [0.25, 0.3) is 10.8 Å². The fourth-order valence-electron chi connectivity index (χ4n) is 3.72. The Morgan fingerprint density at radius 2 is 1.65 bits per heavy atom. The Hall–Kier alpha value is -2.38. The molecule has 184 valence electrons. The topological polar surface area (TPSA) is 81.8 Å². The van der Waals surface area contributed by atoms with Gasteiger partial charge in [0.25, 0.3) is 0 Å². The second kappa shape index (κ2) is 11.8. The minimum atomic E-state index is -4.57. The smallest absolute Gasteiger partial charge is 0.419 e. The maximum Gasteiger partial charge on any atom is 0.419 e. The van der Waals surface area contributed by atoms with E-state index >= 15 is 0 Å². The molecule has 0 spiro atoms. The third-order valence-corrected chi connectivity index (χ3v) is 6.00. The molecule has 2 unspecified atom stereocenters. The molecule has 0 aliphatic carbocycles. The summed E-state index contributed by atoms with van der Waals surface area (Å²) in [6, 6.07) is 18.1. The van der Waals surface area contributed by atoms with Gasteiger partial charge in [0.05, 0.1) is 30.9 Å². The van der Waals surface area contributed by atoms with Crippen LogP contribution < -0.4 is 10.5 Å². The molecule has 0 amide bonds. The summed E-state index contributed by atoms with van der Waals surface area (Å²) in [5, 5.41) is 11.7. The molecule has 0 fully saturated rings. The molecule has 0 saturated carbocycles. The zero-order chi connectivity index (χ0) is 24.6. The van der Waals surface area contributed by atoms with Crippen LogP contribution in [0, 0.1) is 0 Å². The third-order valence-electron chi connectivity index (χ3n) is 5.70. The fraction of sp³-hybridized carbons (Fsp3) is 0.360. The standard InChI is InChI=1S/C25H29F3NO4P/c26-25(27,28)22-15-19(11-12-24(29,16-30)17-33-34-31)8-10-23(22)32-13-3-4-18-7-9-20-5-1-2-6-21(20)14-18/h1-2,5-10,14-15,30H,3-4,11-13,16-17,29,34H2. The van der Waals surface area contributed by atoms with Crippen LogP contribution in [-0.4, -0.2) is 30.5 Å². The summed E-state index contributed by atoms with van der Waals surface area (Å²) in [6.07, 6.45) is -2.94. The van der Waals surface area contributed by atoms with Gasteiger partial charge in [-0.15, -0.1) is 0 Å². The molecule has 2 atom stereocenters. The van der Waals surface area contributed by atoms with Crippen molar-refractivity contribution in [1.82, 2.24) is 0 Å². The van der Waals surface area contributed by atoms with Gasteiger partial charge in [-0.2, -0.15) is 13.2 Å². The third kappa shape index (κ3) is 7.31. The number of hydrogen-bond acceptors (Lipinski definition) is 5. The first-order valence-electron chi connectivity index (χ1n) is 11.0. The Labute approximate surface area is 198 Å². The van der Waals surface area contributed by atoms with Crippen molar-refractivity contribution in [1.29, 1.82) is 0 Å². The van der Waals surface area contributed by atoms with Crippen molar-refractivity contribution in [2.75, 3.05) is 19.8 Å². The van der Waals surface area contributed by atoms with Gasteiger partial charge >= 0.3 is 6.18 Å². The van der Waals surface area contributed by atoms with E-state index in [1.165, 1.54) is 6.07 Å². The zero-order valence-corrected chi connectivity index (χ0v) is 19.8. The lowest BCUT2D eigenvalue weighted by Crippen LogP contribution is -2.47. The lowest BCUT2D eigenvalue weighted by atomic mass is 9.93. The Bertz CT molecular complexity index is 1110. The van der Waals surface area contributed by atoms with Crippen LogP contribution >= 0.6 is 8.69 Å². The molecule has 3 aromatic rings. The Morgan fingerprint density at radius 3 is 2.35 bits per heavy atom. The van der Waals surface area contributed by atoms with Crippen molar-refractivity contribution in [2.45, 2.75) is 37.4 Å². The van der Waals surface area contributed by atoms with E-state index in [0.29, 0.717) is 18.4 Å². The number of hydrogen-bond donors (Lipinski definition) is 2. The van der Waals surface area contributed by atoms with Gasteiger partial charge in [-0.25, -0.2) is 0 Å². The van der Waals surface area contributed by atoms with Crippen molar-refractivity contribution >= 4 is 19.5 Å². The van der Waals surface area contributed by atoms with Gasteiger partial charge in [0.15, 0.2) is 8.69 Å². The molecule has 0 aliphatic rings. The minimum absolute atomic E-state index is 0.132. The van der Waals surface area contributed by atoms with Gasteiger partial charge in [0, 0.05) is 0 Å². The second-order valence-corrected chi connectivity index (χ2v) is 8.92. The second-order valence-electron chi connectivity index (χ2n) is 8.39. The molecule has 0 bridgehead atoms. The SMILES string of the molecule is NC(CO)(CCc1ccc(OCCCc2ccc3ccccc3c2)c(C(F)(F)F)c1)CO[PH2]=O. The van der Waals surface area contributed by atoms with E-state index in [0.717, 1.165) is 22.4 Å². The number of aliphatic hydroxyl groups is 1. The summed E-state index contributed by atoms with van der Waals surface area (Å²) in [6.45, 7) is -0.412. The zero-order valence-electron chi connectivity index (χ0n) is 18.7. The van der Waals surface area contributed by atoms with Gasteiger partial charge in [0.1, 0.15) is 5.75 Å². The minimum Gasteiger partial charge on any atom is -0.493 e. The molecular weight excluding hydrogens is 466 g/mol. The van der Waals surface area contributed by atoms with Gasteiger partial charge < -0.3 is 20.1 Å². The van der Waals surface area contributed by atoms with Crippen LogP contribution in [0.5, 0.6) is 5.75 Å². The molecule has 9 heteroatoms. The largest absolute Gasteiger partial charge is 0.493 e. The maximum atomic E-state index is 13.7. The van der Waals surface area contributed by atoms with Gasteiger partial charge in [-0.1, -0.05) is 48.5 Å². The molecule has 0 heterocycles. The highest BCUT2D eigenvalue weighted by Crippen LogP contribution is 2.37. The average molecular weight is 495 g/mol. The molecule has 0 radical (unpaired) electrons. The lowest BCUT2D eigenvalue weighted by molar-refractivity contribution is -0.139. The van der Waals surface area contributed by atoms with Crippen LogP contribution in [0.3, 0.4) is 0 Å². The molecule has 5 nitrogen and oxygen atoms in total. The van der Waals surface area contributed by atoms with Crippen molar-refractivity contribution in [3.63, 3.8) is 0 Å². The quantitative estimate of drug-likeness (QED) is 0.267. The van der Waals surface area contributed by atoms with Crippen LogP contribution in [0.4, 0.5) is 13.2 Å². The summed E-state index contributed by atoms with van der Waals surface area (Å²) in [5.74, 6) is -0.214. The van der Waals surface area contributed by atoms with E-state index in [9.17, 15) is 22.8 Å². The van der Waals surface area contributed by atoms with Crippen LogP contribution in [0.1, 0.15) is 29.5 Å². The molecule has 34 heavy (non-hydrogen) atoms. The number of ether oxygens (including phenoxy) is 1. The Kier molecular flexibility index (Phi) is 9.14. The summed E-state index contributed by atoms with van der Waals surface area (Å²) < 4.78 is 61.9. The van der Waals surface area contributed by atoms with Crippen LogP contribution in [0.2, 0.25) is 0 Å². The number of halogens is 3. The fourth-order valence-corrected chi connectivity index (χ4v) is 4.12. The number of fused-ring (bicyclic) bond motifs is 1. The van der Waals surface area contributed by atoms with E-state index in [2.05, 4.69) is 6.07 Å². The normalized spacial score (nSPS) is 14.0. The number of rotatable bonds is 12.